The Morgan fingerprint density at radius 1 is 1.44 bits per heavy atom. The molecule has 0 atom stereocenters. The quantitative estimate of drug-likeness (QED) is 0.814. The number of piperidine rings is 1. The number of hydrogen-bond acceptors (Lipinski definition) is 3. The van der Waals surface area contributed by atoms with Gasteiger partial charge in [-0.2, -0.15) is 0 Å². The van der Waals surface area contributed by atoms with Gasteiger partial charge in [-0.25, -0.2) is 4.39 Å². The van der Waals surface area contributed by atoms with Gasteiger partial charge in [0.2, 0.25) is 0 Å². The minimum atomic E-state index is -0.324. The molecule has 1 aliphatic rings. The number of rotatable bonds is 3. The summed E-state index contributed by atoms with van der Waals surface area (Å²) in [6.45, 7) is 2.38. The fourth-order valence-corrected chi connectivity index (χ4v) is 2.42. The summed E-state index contributed by atoms with van der Waals surface area (Å²) in [6.07, 6.45) is 1.37. The number of nitrogens with two attached hydrogens (primary N) is 1. The van der Waals surface area contributed by atoms with Crippen LogP contribution in [0.5, 0.6) is 0 Å². The molecule has 0 amide bonds. The van der Waals surface area contributed by atoms with Crippen LogP contribution < -0.4 is 5.73 Å². The van der Waals surface area contributed by atoms with E-state index in [4.69, 9.17) is 18.0 Å². The summed E-state index contributed by atoms with van der Waals surface area (Å²) in [5, 5.41) is 9.46. The van der Waals surface area contributed by atoms with E-state index < -0.39 is 0 Å². The van der Waals surface area contributed by atoms with Crippen molar-refractivity contribution < 1.29 is 9.50 Å². The van der Waals surface area contributed by atoms with Crippen LogP contribution in [-0.2, 0) is 6.54 Å². The van der Waals surface area contributed by atoms with E-state index in [0.29, 0.717) is 12.1 Å². The lowest BCUT2D eigenvalue weighted by Gasteiger charge is -2.30. The monoisotopic (exact) mass is 268 g/mol. The van der Waals surface area contributed by atoms with Crippen molar-refractivity contribution in [3.05, 3.63) is 35.1 Å². The Balaban J connectivity index is 2.11. The molecule has 1 aromatic rings. The first-order chi connectivity index (χ1) is 8.56. The highest BCUT2D eigenvalue weighted by molar-refractivity contribution is 7.80. The topological polar surface area (TPSA) is 49.5 Å². The molecule has 0 aliphatic carbocycles. The Morgan fingerprint density at radius 2 is 2.11 bits per heavy atom. The highest BCUT2D eigenvalue weighted by atomic mass is 32.1. The van der Waals surface area contributed by atoms with E-state index in [1.807, 2.05) is 0 Å². The third-order valence-electron chi connectivity index (χ3n) is 3.29. The maximum Gasteiger partial charge on any atom is 0.123 e. The second-order valence-electron chi connectivity index (χ2n) is 4.67. The van der Waals surface area contributed by atoms with Crippen LogP contribution in [0.1, 0.15) is 24.0 Å². The average molecular weight is 268 g/mol. The van der Waals surface area contributed by atoms with Crippen molar-refractivity contribution >= 4 is 17.2 Å². The van der Waals surface area contributed by atoms with Gasteiger partial charge in [0.15, 0.2) is 0 Å². The van der Waals surface area contributed by atoms with E-state index in [1.54, 1.807) is 6.07 Å². The van der Waals surface area contributed by atoms with Crippen LogP contribution in [0, 0.1) is 5.82 Å². The maximum atomic E-state index is 13.2. The van der Waals surface area contributed by atoms with Crippen molar-refractivity contribution in [1.29, 1.82) is 0 Å². The molecule has 0 radical (unpaired) electrons. The van der Waals surface area contributed by atoms with Crippen molar-refractivity contribution in [3.8, 4) is 0 Å². The summed E-state index contributed by atoms with van der Waals surface area (Å²) in [5.41, 5.74) is 7.17. The summed E-state index contributed by atoms with van der Waals surface area (Å²) in [5.74, 6) is -0.324. The predicted molar refractivity (Wildman–Crippen MR) is 72.8 cm³/mol. The van der Waals surface area contributed by atoms with Gasteiger partial charge in [-0.05, 0) is 30.5 Å². The van der Waals surface area contributed by atoms with E-state index in [9.17, 15) is 9.50 Å². The highest BCUT2D eigenvalue weighted by Crippen LogP contribution is 2.17. The zero-order chi connectivity index (χ0) is 13.1. The smallest absolute Gasteiger partial charge is 0.123 e. The normalized spacial score (nSPS) is 17.9. The van der Waals surface area contributed by atoms with Gasteiger partial charge in [0.1, 0.15) is 10.8 Å². The average Bonchev–Trinajstić information content (AvgIpc) is 2.34. The lowest BCUT2D eigenvalue weighted by atomic mass is 10.0. The predicted octanol–water partition coefficient (Wildman–Crippen LogP) is 1.42. The van der Waals surface area contributed by atoms with Gasteiger partial charge in [0.25, 0.3) is 0 Å². The van der Waals surface area contributed by atoms with Gasteiger partial charge in [-0.1, -0.05) is 18.3 Å². The molecule has 0 spiro atoms. The number of thiocarbonyl (C=S) groups is 1. The van der Waals surface area contributed by atoms with Crippen LogP contribution in [0.15, 0.2) is 18.2 Å². The number of aliphatic hydroxyl groups excluding tert-OH is 1. The lowest BCUT2D eigenvalue weighted by molar-refractivity contribution is 0.0792. The third-order valence-corrected chi connectivity index (χ3v) is 3.51. The molecule has 1 aliphatic heterocycles. The van der Waals surface area contributed by atoms with Crippen molar-refractivity contribution in [2.75, 3.05) is 13.1 Å². The van der Waals surface area contributed by atoms with Crippen molar-refractivity contribution in [2.24, 2.45) is 5.73 Å². The van der Waals surface area contributed by atoms with Gasteiger partial charge in [0.05, 0.1) is 6.10 Å². The molecule has 1 heterocycles. The fraction of sp³-hybridized carbons (Fsp3) is 0.462. The van der Waals surface area contributed by atoms with E-state index in [2.05, 4.69) is 4.90 Å². The van der Waals surface area contributed by atoms with Crippen LogP contribution in [0.3, 0.4) is 0 Å². The van der Waals surface area contributed by atoms with Gasteiger partial charge in [-0.15, -0.1) is 0 Å². The lowest BCUT2D eigenvalue weighted by Crippen LogP contribution is -2.35. The molecule has 1 aromatic carbocycles. The Labute approximate surface area is 111 Å². The second kappa shape index (κ2) is 5.73. The molecule has 0 saturated carbocycles. The largest absolute Gasteiger partial charge is 0.393 e. The van der Waals surface area contributed by atoms with Gasteiger partial charge in [-0.3, -0.25) is 4.90 Å². The van der Waals surface area contributed by atoms with E-state index in [1.165, 1.54) is 12.1 Å². The molecule has 3 nitrogen and oxygen atoms in total. The number of hydrogen-bond donors (Lipinski definition) is 2. The molecule has 1 saturated heterocycles. The first kappa shape index (κ1) is 13.4. The van der Waals surface area contributed by atoms with Gasteiger partial charge in [0, 0.05) is 25.2 Å². The zero-order valence-corrected chi connectivity index (χ0v) is 10.9. The standard InChI is InChI=1S/C13H17FN2OS/c14-10-2-1-9(12(7-10)13(15)18)8-16-5-3-11(17)4-6-16/h1-2,7,11,17H,3-6,8H2,(H2,15,18). The summed E-state index contributed by atoms with van der Waals surface area (Å²) in [7, 11) is 0. The highest BCUT2D eigenvalue weighted by Gasteiger charge is 2.18. The zero-order valence-electron chi connectivity index (χ0n) is 10.1. The van der Waals surface area contributed by atoms with Crippen LogP contribution >= 0.6 is 12.2 Å². The molecule has 3 N–H and O–H groups in total. The first-order valence-corrected chi connectivity index (χ1v) is 6.45. The molecular weight excluding hydrogens is 251 g/mol. The van der Waals surface area contributed by atoms with E-state index in [-0.39, 0.29) is 16.9 Å². The number of aliphatic hydroxyl groups is 1. The van der Waals surface area contributed by atoms with E-state index in [0.717, 1.165) is 31.5 Å². The Hall–Kier alpha value is -1.04. The number of nitrogens with zero attached hydrogens (tertiary/aromatic N) is 1. The van der Waals surface area contributed by atoms with Crippen LogP contribution in [0.4, 0.5) is 4.39 Å². The first-order valence-electron chi connectivity index (χ1n) is 6.05. The van der Waals surface area contributed by atoms with Gasteiger partial charge < -0.3 is 10.8 Å². The summed E-state index contributed by atoms with van der Waals surface area (Å²) in [4.78, 5) is 2.45. The molecule has 1 fully saturated rings. The van der Waals surface area contributed by atoms with Crippen molar-refractivity contribution in [1.82, 2.24) is 4.90 Å². The number of halogens is 1. The molecule has 0 unspecified atom stereocenters. The summed E-state index contributed by atoms with van der Waals surface area (Å²) >= 11 is 4.95. The fourth-order valence-electron chi connectivity index (χ4n) is 2.23. The van der Waals surface area contributed by atoms with Crippen LogP contribution in [0.25, 0.3) is 0 Å². The van der Waals surface area contributed by atoms with E-state index >= 15 is 0 Å². The molecule has 5 heteroatoms. The molecule has 18 heavy (non-hydrogen) atoms. The minimum absolute atomic E-state index is 0.190. The summed E-state index contributed by atoms with van der Waals surface area (Å²) in [6, 6.07) is 4.54. The number of benzene rings is 1. The SMILES string of the molecule is NC(=S)c1cc(F)ccc1CN1CCC(O)CC1. The summed E-state index contributed by atoms with van der Waals surface area (Å²) < 4.78 is 13.2. The Kier molecular flexibility index (Phi) is 4.27. The second-order valence-corrected chi connectivity index (χ2v) is 5.11. The minimum Gasteiger partial charge on any atom is -0.393 e. The molecular formula is C13H17FN2OS. The van der Waals surface area contributed by atoms with Crippen molar-refractivity contribution in [3.63, 3.8) is 0 Å². The molecule has 0 bridgehead atoms. The van der Waals surface area contributed by atoms with Crippen molar-refractivity contribution in [2.45, 2.75) is 25.5 Å². The van der Waals surface area contributed by atoms with Crippen LogP contribution in [0.2, 0.25) is 0 Å². The molecule has 2 rings (SSSR count). The third kappa shape index (κ3) is 3.25. The molecule has 98 valence electrons. The molecule has 0 aromatic heterocycles. The maximum absolute atomic E-state index is 13.2. The van der Waals surface area contributed by atoms with Gasteiger partial charge >= 0.3 is 0 Å². The Bertz CT molecular complexity index is 445. The Morgan fingerprint density at radius 3 is 2.72 bits per heavy atom. The van der Waals surface area contributed by atoms with Crippen LogP contribution in [-0.4, -0.2) is 34.2 Å². The number of likely N-dealkylation sites (tertiary alicyclic amines) is 1.